The summed E-state index contributed by atoms with van der Waals surface area (Å²) >= 11 is 4.72. The number of alkyl halides is 3. The molecule has 15 heavy (non-hydrogen) atoms. The first-order valence-corrected chi connectivity index (χ1v) is 6.15. The molecule has 1 fully saturated rings. The summed E-state index contributed by atoms with van der Waals surface area (Å²) in [5.74, 6) is 0. The molecule has 2 rings (SSSR count). The van der Waals surface area contributed by atoms with Crippen molar-refractivity contribution in [2.24, 2.45) is 0 Å². The quantitative estimate of drug-likeness (QED) is 0.897. The van der Waals surface area contributed by atoms with Gasteiger partial charge in [0.05, 0.1) is 0 Å². The van der Waals surface area contributed by atoms with Gasteiger partial charge < -0.3 is 0 Å². The lowest BCUT2D eigenvalue weighted by molar-refractivity contribution is -0.166. The summed E-state index contributed by atoms with van der Waals surface area (Å²) in [7, 11) is 0. The maximum atomic E-state index is 12.5. The largest absolute Gasteiger partial charge is 0.406 e. The molecule has 0 unspecified atom stereocenters. The number of halogens is 4. The van der Waals surface area contributed by atoms with Crippen molar-refractivity contribution in [3.63, 3.8) is 0 Å². The van der Waals surface area contributed by atoms with Crippen molar-refractivity contribution >= 4 is 27.3 Å². The third kappa shape index (κ3) is 2.37. The highest BCUT2D eigenvalue weighted by Crippen LogP contribution is 2.49. The molecule has 1 aromatic heterocycles. The smallest absolute Gasteiger partial charge is 0.299 e. The summed E-state index contributed by atoms with van der Waals surface area (Å²) in [6.07, 6.45) is -3.73. The molecule has 1 aliphatic carbocycles. The lowest BCUT2D eigenvalue weighted by Crippen LogP contribution is -2.44. The molecule has 0 spiro atoms. The minimum atomic E-state index is -4.12. The van der Waals surface area contributed by atoms with Crippen LogP contribution in [0.15, 0.2) is 15.9 Å². The van der Waals surface area contributed by atoms with Crippen LogP contribution in [0.2, 0.25) is 0 Å². The van der Waals surface area contributed by atoms with Gasteiger partial charge in [-0.25, -0.2) is 0 Å². The lowest BCUT2D eigenvalue weighted by atomic mass is 10.2. The molecule has 0 atom stereocenters. The molecule has 0 saturated heterocycles. The first-order valence-electron chi connectivity index (χ1n) is 4.48. The molecule has 1 aromatic rings. The van der Waals surface area contributed by atoms with Crippen molar-refractivity contribution in [3.8, 4) is 0 Å². The topological polar surface area (TPSA) is 12.0 Å². The first kappa shape index (κ1) is 11.4. The number of nitrogens with one attached hydrogen (secondary N) is 1. The Morgan fingerprint density at radius 3 is 2.53 bits per heavy atom. The lowest BCUT2D eigenvalue weighted by Gasteiger charge is -2.20. The molecule has 84 valence electrons. The zero-order valence-corrected chi connectivity index (χ0v) is 10.1. The van der Waals surface area contributed by atoms with Gasteiger partial charge in [-0.3, -0.25) is 5.32 Å². The number of hydrogen-bond acceptors (Lipinski definition) is 2. The van der Waals surface area contributed by atoms with Crippen LogP contribution in [0, 0.1) is 0 Å². The Balaban J connectivity index is 1.94. The molecule has 0 aliphatic heterocycles. The van der Waals surface area contributed by atoms with Crippen molar-refractivity contribution in [3.05, 3.63) is 20.8 Å². The van der Waals surface area contributed by atoms with Gasteiger partial charge in [0.1, 0.15) is 5.54 Å². The Morgan fingerprint density at radius 1 is 1.47 bits per heavy atom. The minimum absolute atomic E-state index is 0.197. The third-order valence-electron chi connectivity index (χ3n) is 2.52. The normalized spacial score (nSPS) is 19.2. The van der Waals surface area contributed by atoms with Gasteiger partial charge >= 0.3 is 6.18 Å². The van der Waals surface area contributed by atoms with E-state index in [1.807, 2.05) is 11.4 Å². The van der Waals surface area contributed by atoms with Gasteiger partial charge in [-0.15, -0.1) is 11.3 Å². The van der Waals surface area contributed by atoms with Crippen LogP contribution in [0.5, 0.6) is 0 Å². The van der Waals surface area contributed by atoms with Gasteiger partial charge in [0, 0.05) is 21.3 Å². The van der Waals surface area contributed by atoms with E-state index in [-0.39, 0.29) is 19.4 Å². The van der Waals surface area contributed by atoms with E-state index < -0.39 is 11.7 Å². The van der Waals surface area contributed by atoms with E-state index in [9.17, 15) is 13.2 Å². The highest BCUT2D eigenvalue weighted by atomic mass is 79.9. The fourth-order valence-electron chi connectivity index (χ4n) is 1.39. The molecular formula is C9H9BrF3NS. The van der Waals surface area contributed by atoms with E-state index in [0.29, 0.717) is 0 Å². The Labute approximate surface area is 97.8 Å². The van der Waals surface area contributed by atoms with Crippen LogP contribution in [0.4, 0.5) is 13.2 Å². The summed E-state index contributed by atoms with van der Waals surface area (Å²) in [5, 5.41) is 4.47. The van der Waals surface area contributed by atoms with Crippen LogP contribution >= 0.6 is 27.3 Å². The van der Waals surface area contributed by atoms with Crippen molar-refractivity contribution in [2.75, 3.05) is 0 Å². The summed E-state index contributed by atoms with van der Waals surface area (Å²) < 4.78 is 38.5. The van der Waals surface area contributed by atoms with E-state index in [1.54, 1.807) is 0 Å². The van der Waals surface area contributed by atoms with Crippen molar-refractivity contribution in [2.45, 2.75) is 31.1 Å². The average Bonchev–Trinajstić information content (AvgIpc) is 2.82. The van der Waals surface area contributed by atoms with Gasteiger partial charge in [-0.2, -0.15) is 13.2 Å². The molecule has 1 heterocycles. The van der Waals surface area contributed by atoms with Crippen LogP contribution in [0.1, 0.15) is 17.7 Å². The first-order chi connectivity index (χ1) is 6.93. The van der Waals surface area contributed by atoms with E-state index in [0.717, 1.165) is 9.35 Å². The molecular weight excluding hydrogens is 291 g/mol. The highest BCUT2D eigenvalue weighted by Gasteiger charge is 2.62. The van der Waals surface area contributed by atoms with Crippen LogP contribution in [0.25, 0.3) is 0 Å². The maximum absolute atomic E-state index is 12.5. The van der Waals surface area contributed by atoms with E-state index >= 15 is 0 Å². The van der Waals surface area contributed by atoms with Gasteiger partial charge in [-0.1, -0.05) is 0 Å². The molecule has 1 aliphatic rings. The Kier molecular flexibility index (Phi) is 2.85. The summed E-state index contributed by atoms with van der Waals surface area (Å²) in [4.78, 5) is 0.914. The maximum Gasteiger partial charge on any atom is 0.406 e. The summed E-state index contributed by atoms with van der Waals surface area (Å²) in [6, 6.07) is 1.84. The number of hydrogen-bond donors (Lipinski definition) is 1. The van der Waals surface area contributed by atoms with Crippen molar-refractivity contribution in [1.29, 1.82) is 0 Å². The SMILES string of the molecule is FC(F)(F)C1(NCc2cc(Br)cs2)CC1. The molecule has 1 saturated carbocycles. The van der Waals surface area contributed by atoms with Gasteiger partial charge in [-0.05, 0) is 34.8 Å². The zero-order chi connectivity index (χ0) is 11.1. The summed E-state index contributed by atoms with van der Waals surface area (Å²) in [6.45, 7) is 0.287. The zero-order valence-electron chi connectivity index (χ0n) is 7.70. The average molecular weight is 300 g/mol. The van der Waals surface area contributed by atoms with E-state index in [1.165, 1.54) is 11.3 Å². The molecule has 0 radical (unpaired) electrons. The van der Waals surface area contributed by atoms with E-state index in [4.69, 9.17) is 0 Å². The number of rotatable bonds is 3. The molecule has 1 N–H and O–H groups in total. The Morgan fingerprint density at radius 2 is 2.13 bits per heavy atom. The van der Waals surface area contributed by atoms with Crippen LogP contribution in [0.3, 0.4) is 0 Å². The van der Waals surface area contributed by atoms with Gasteiger partial charge in [0.15, 0.2) is 0 Å². The molecule has 0 bridgehead atoms. The minimum Gasteiger partial charge on any atom is -0.299 e. The second kappa shape index (κ2) is 3.75. The third-order valence-corrected chi connectivity index (χ3v) is 4.21. The standard InChI is InChI=1S/C9H9BrF3NS/c10-6-3-7(15-5-6)4-14-8(1-2-8)9(11,12)13/h3,5,14H,1-2,4H2. The summed E-state index contributed by atoms with van der Waals surface area (Å²) in [5.41, 5.74) is -1.61. The predicted molar refractivity (Wildman–Crippen MR) is 56.9 cm³/mol. The highest BCUT2D eigenvalue weighted by molar-refractivity contribution is 9.10. The molecule has 0 amide bonds. The Bertz CT molecular complexity index is 356. The van der Waals surface area contributed by atoms with Gasteiger partial charge in [0.2, 0.25) is 0 Å². The van der Waals surface area contributed by atoms with Crippen LogP contribution in [-0.2, 0) is 6.54 Å². The van der Waals surface area contributed by atoms with Gasteiger partial charge in [0.25, 0.3) is 0 Å². The molecule has 1 nitrogen and oxygen atoms in total. The Hall–Kier alpha value is -0.0700. The number of thiophene rings is 1. The second-order valence-corrected chi connectivity index (χ2v) is 5.58. The van der Waals surface area contributed by atoms with Crippen LogP contribution < -0.4 is 5.32 Å². The molecule has 0 aromatic carbocycles. The van der Waals surface area contributed by atoms with Crippen LogP contribution in [-0.4, -0.2) is 11.7 Å². The van der Waals surface area contributed by atoms with Crippen molar-refractivity contribution in [1.82, 2.24) is 5.32 Å². The second-order valence-electron chi connectivity index (χ2n) is 3.66. The fourth-order valence-corrected chi connectivity index (χ4v) is 2.78. The van der Waals surface area contributed by atoms with Crippen molar-refractivity contribution < 1.29 is 13.2 Å². The molecule has 6 heteroatoms. The van der Waals surface area contributed by atoms with E-state index in [2.05, 4.69) is 21.2 Å². The monoisotopic (exact) mass is 299 g/mol. The fraction of sp³-hybridized carbons (Fsp3) is 0.556. The predicted octanol–water partition coefficient (Wildman–Crippen LogP) is 3.70.